The number of nitrogens with zero attached hydrogens (tertiary/aromatic N) is 1. The summed E-state index contributed by atoms with van der Waals surface area (Å²) in [5, 5.41) is 9.06. The maximum atomic E-state index is 13.9. The summed E-state index contributed by atoms with van der Waals surface area (Å²) >= 11 is 0. The van der Waals surface area contributed by atoms with E-state index in [2.05, 4.69) is 50.0 Å². The summed E-state index contributed by atoms with van der Waals surface area (Å²) < 4.78 is 18.8. The van der Waals surface area contributed by atoms with Gasteiger partial charge in [0.2, 0.25) is 0 Å². The lowest BCUT2D eigenvalue weighted by molar-refractivity contribution is -0.136. The van der Waals surface area contributed by atoms with Gasteiger partial charge in [0.05, 0.1) is 18.7 Å². The Kier molecular flexibility index (Phi) is 11.7. The highest BCUT2D eigenvalue weighted by Crippen LogP contribution is 2.26. The lowest BCUT2D eigenvalue weighted by atomic mass is 9.90. The molecular weight excluding hydrogens is 466 g/mol. The average molecular weight is 507 g/mol. The van der Waals surface area contributed by atoms with Crippen LogP contribution in [0.3, 0.4) is 0 Å². The van der Waals surface area contributed by atoms with Crippen LogP contribution in [0.1, 0.15) is 51.6 Å². The zero-order valence-corrected chi connectivity index (χ0v) is 22.7. The molecule has 194 valence electrons. The molecule has 3 N–H and O–H groups in total. The van der Waals surface area contributed by atoms with Crippen molar-refractivity contribution in [2.75, 3.05) is 40.3 Å². The molecule has 0 radical (unpaired) electrons. The third-order valence-corrected chi connectivity index (χ3v) is 7.17. The number of rotatable bonds is 10. The molecule has 2 atom stereocenters. The second-order valence-corrected chi connectivity index (χ2v) is 9.52. The minimum absolute atomic E-state index is 0.250. The first-order chi connectivity index (χ1) is 16.7. The molecule has 2 unspecified atom stereocenters. The molecule has 1 saturated heterocycles. The number of hydrogen-bond acceptors (Lipinski definition) is 5. The van der Waals surface area contributed by atoms with Crippen LogP contribution in [-0.2, 0) is 9.53 Å². The van der Waals surface area contributed by atoms with Gasteiger partial charge in [-0.05, 0) is 83.3 Å². The molecule has 0 aliphatic carbocycles. The van der Waals surface area contributed by atoms with Gasteiger partial charge in [-0.3, -0.25) is 0 Å². The molecule has 0 bridgehead atoms. The number of carbonyl (C=O) groups is 2. The Morgan fingerprint density at radius 1 is 1.29 bits per heavy atom. The normalized spacial score (nSPS) is 16.8. The number of halogens is 1. The van der Waals surface area contributed by atoms with Crippen LogP contribution in [0.5, 0.6) is 0 Å². The van der Waals surface area contributed by atoms with Gasteiger partial charge in [0.1, 0.15) is 5.82 Å². The fourth-order valence-electron chi connectivity index (χ4n) is 4.33. The van der Waals surface area contributed by atoms with E-state index in [1.807, 2.05) is 0 Å². The van der Waals surface area contributed by atoms with Gasteiger partial charge < -0.3 is 25.6 Å². The summed E-state index contributed by atoms with van der Waals surface area (Å²) in [6, 6.07) is 3.24. The van der Waals surface area contributed by atoms with E-state index in [0.29, 0.717) is 29.0 Å². The second-order valence-electron chi connectivity index (χ2n) is 8.90. The first-order valence-corrected chi connectivity index (χ1v) is 12.7. The fraction of sp³-hybridized carbons (Fsp3) is 0.538. The van der Waals surface area contributed by atoms with Crippen LogP contribution in [0.25, 0.3) is 0 Å². The highest BCUT2D eigenvalue weighted by molar-refractivity contribution is 7.27. The number of hydrogen-bond donors (Lipinski definition) is 3. The first-order valence-electron chi connectivity index (χ1n) is 12.1. The van der Waals surface area contributed by atoms with Gasteiger partial charge in [0.15, 0.2) is 0 Å². The minimum atomic E-state index is -0.816. The van der Waals surface area contributed by atoms with E-state index in [1.54, 1.807) is 26.1 Å². The SMILES string of the molecule is C/C=C(\C)C1CCN(CCCNC(=O)NC(/C(C(=O)OC)=C(/C)NC)c2ccc(F)c(P)c2)CC1. The minimum Gasteiger partial charge on any atom is -0.466 e. The molecule has 2 rings (SSSR count). The smallest absolute Gasteiger partial charge is 0.337 e. The van der Waals surface area contributed by atoms with Crippen LogP contribution in [0.2, 0.25) is 0 Å². The van der Waals surface area contributed by atoms with E-state index >= 15 is 0 Å². The molecule has 1 heterocycles. The van der Waals surface area contributed by atoms with Gasteiger partial charge in [-0.15, -0.1) is 9.24 Å². The van der Waals surface area contributed by atoms with Gasteiger partial charge in [-0.25, -0.2) is 14.0 Å². The molecule has 0 spiro atoms. The second kappa shape index (κ2) is 14.2. The van der Waals surface area contributed by atoms with E-state index in [1.165, 1.54) is 31.6 Å². The van der Waals surface area contributed by atoms with Gasteiger partial charge in [-0.2, -0.15) is 0 Å². The zero-order valence-electron chi connectivity index (χ0n) is 21.5. The summed E-state index contributed by atoms with van der Waals surface area (Å²) in [5.74, 6) is -0.280. The maximum absolute atomic E-state index is 13.9. The highest BCUT2D eigenvalue weighted by atomic mass is 31.0. The van der Waals surface area contributed by atoms with E-state index in [0.717, 1.165) is 26.1 Å². The molecule has 9 heteroatoms. The monoisotopic (exact) mass is 506 g/mol. The lowest BCUT2D eigenvalue weighted by Crippen LogP contribution is -2.42. The van der Waals surface area contributed by atoms with Gasteiger partial charge in [-0.1, -0.05) is 17.7 Å². The summed E-state index contributed by atoms with van der Waals surface area (Å²) in [5.41, 5.74) is 2.84. The third-order valence-electron chi connectivity index (χ3n) is 6.73. The Hall–Kier alpha value is -2.44. The standard InChI is InChI=1S/C26H40FN4O3P/c1-6-17(2)19-10-14-31(15-11-19)13-7-12-29-26(33)30-24(20-8-9-21(27)22(35)16-20)23(18(3)28-4)25(32)34-5/h6,8-9,16,19,24,28H,7,10-15,35H2,1-5H3,(H2,29,30,33)/b17-6+,23-18+. The number of carbonyl (C=O) groups excluding carboxylic acids is 2. The summed E-state index contributed by atoms with van der Waals surface area (Å²) in [7, 11) is 5.30. The number of urea groups is 1. The Morgan fingerprint density at radius 2 is 1.97 bits per heavy atom. The van der Waals surface area contributed by atoms with Crippen LogP contribution >= 0.6 is 9.24 Å². The van der Waals surface area contributed by atoms with Gasteiger partial charge >= 0.3 is 12.0 Å². The number of allylic oxidation sites excluding steroid dienone is 3. The number of piperidine rings is 1. The van der Waals surface area contributed by atoms with Crippen LogP contribution in [0.15, 0.2) is 41.1 Å². The lowest BCUT2D eigenvalue weighted by Gasteiger charge is -2.32. The molecule has 0 aromatic heterocycles. The summed E-state index contributed by atoms with van der Waals surface area (Å²) in [4.78, 5) is 27.8. The molecule has 35 heavy (non-hydrogen) atoms. The van der Waals surface area contributed by atoms with Crippen molar-refractivity contribution in [2.45, 2.75) is 46.1 Å². The van der Waals surface area contributed by atoms with Crippen molar-refractivity contribution in [1.82, 2.24) is 20.9 Å². The van der Waals surface area contributed by atoms with E-state index in [4.69, 9.17) is 4.74 Å². The van der Waals surface area contributed by atoms with Crippen molar-refractivity contribution < 1.29 is 18.7 Å². The fourth-order valence-corrected chi connectivity index (χ4v) is 4.62. The van der Waals surface area contributed by atoms with Gasteiger partial charge in [0, 0.05) is 24.6 Å². The number of methoxy groups -OCH3 is 1. The molecule has 7 nitrogen and oxygen atoms in total. The van der Waals surface area contributed by atoms with E-state index < -0.39 is 18.0 Å². The number of nitrogens with one attached hydrogen (secondary N) is 3. The van der Waals surface area contributed by atoms with E-state index in [-0.39, 0.29) is 11.4 Å². The topological polar surface area (TPSA) is 82.7 Å². The highest BCUT2D eigenvalue weighted by Gasteiger charge is 2.28. The van der Waals surface area contributed by atoms with Crippen LogP contribution in [-0.4, -0.2) is 57.2 Å². The van der Waals surface area contributed by atoms with Crippen LogP contribution in [0.4, 0.5) is 9.18 Å². The largest absolute Gasteiger partial charge is 0.466 e. The van der Waals surface area contributed by atoms with Crippen molar-refractivity contribution in [3.05, 3.63) is 52.5 Å². The average Bonchev–Trinajstić information content (AvgIpc) is 2.87. The van der Waals surface area contributed by atoms with E-state index in [9.17, 15) is 14.0 Å². The first kappa shape index (κ1) is 28.8. The van der Waals surface area contributed by atoms with Crippen molar-refractivity contribution in [1.29, 1.82) is 0 Å². The molecule has 1 fully saturated rings. The Labute approximate surface area is 211 Å². The Balaban J connectivity index is 2.00. The Bertz CT molecular complexity index is 943. The quantitative estimate of drug-likeness (QED) is 0.149. The van der Waals surface area contributed by atoms with Crippen LogP contribution in [0, 0.1) is 11.7 Å². The number of likely N-dealkylation sites (tertiary alicyclic amines) is 1. The zero-order chi connectivity index (χ0) is 26.0. The molecule has 1 aliphatic rings. The third kappa shape index (κ3) is 8.32. The molecular formula is C26H40FN4O3P. The maximum Gasteiger partial charge on any atom is 0.337 e. The Morgan fingerprint density at radius 3 is 2.54 bits per heavy atom. The van der Waals surface area contributed by atoms with Crippen molar-refractivity contribution in [3.63, 3.8) is 0 Å². The summed E-state index contributed by atoms with van der Waals surface area (Å²) in [6.07, 6.45) is 5.39. The van der Waals surface area contributed by atoms with Crippen molar-refractivity contribution in [3.8, 4) is 0 Å². The number of esters is 1. The molecule has 1 aromatic rings. The predicted molar refractivity (Wildman–Crippen MR) is 142 cm³/mol. The molecule has 1 aromatic carbocycles. The number of amides is 2. The number of benzene rings is 1. The molecule has 2 amide bonds. The summed E-state index contributed by atoms with van der Waals surface area (Å²) in [6.45, 7) is 9.61. The predicted octanol–water partition coefficient (Wildman–Crippen LogP) is 3.40. The van der Waals surface area contributed by atoms with Crippen LogP contribution < -0.4 is 21.3 Å². The van der Waals surface area contributed by atoms with Crippen molar-refractivity contribution in [2.24, 2.45) is 5.92 Å². The van der Waals surface area contributed by atoms with Crippen molar-refractivity contribution >= 4 is 26.5 Å². The molecule has 0 saturated carbocycles. The number of ether oxygens (including phenoxy) is 1. The molecule has 1 aliphatic heterocycles. The van der Waals surface area contributed by atoms with Gasteiger partial charge in [0.25, 0.3) is 0 Å².